The van der Waals surface area contributed by atoms with E-state index in [4.69, 9.17) is 10.5 Å². The van der Waals surface area contributed by atoms with Crippen LogP contribution >= 0.6 is 0 Å². The quantitative estimate of drug-likeness (QED) is 0.766. The van der Waals surface area contributed by atoms with E-state index in [9.17, 15) is 18.0 Å². The summed E-state index contributed by atoms with van der Waals surface area (Å²) in [6, 6.07) is 11.0. The first-order chi connectivity index (χ1) is 12.2. The fourth-order valence-electron chi connectivity index (χ4n) is 2.18. The van der Waals surface area contributed by atoms with Crippen molar-refractivity contribution in [1.82, 2.24) is 0 Å². The molecule has 2 aromatic rings. The SMILES string of the molecule is Cc1ccc(S(C)(=O)=O)cc1C(=O)Nc1ccc(OCCC(N)=O)cc1. The molecule has 8 heteroatoms. The molecule has 0 saturated carbocycles. The van der Waals surface area contributed by atoms with Gasteiger partial charge in [0.15, 0.2) is 9.84 Å². The number of hydrogen-bond donors (Lipinski definition) is 2. The van der Waals surface area contributed by atoms with Gasteiger partial charge in [-0.25, -0.2) is 8.42 Å². The number of hydrogen-bond acceptors (Lipinski definition) is 5. The van der Waals surface area contributed by atoms with Crippen molar-refractivity contribution in [3.05, 3.63) is 53.6 Å². The molecule has 0 aliphatic rings. The Morgan fingerprint density at radius 1 is 1.12 bits per heavy atom. The molecular formula is C18H20N2O5S. The summed E-state index contributed by atoms with van der Waals surface area (Å²) in [5, 5.41) is 2.72. The minimum atomic E-state index is -3.40. The molecular weight excluding hydrogens is 356 g/mol. The minimum Gasteiger partial charge on any atom is -0.493 e. The molecule has 7 nitrogen and oxygen atoms in total. The molecule has 0 saturated heterocycles. The molecule has 0 aliphatic heterocycles. The van der Waals surface area contributed by atoms with Crippen LogP contribution in [0.3, 0.4) is 0 Å². The molecule has 2 rings (SSSR count). The monoisotopic (exact) mass is 376 g/mol. The lowest BCUT2D eigenvalue weighted by molar-refractivity contribution is -0.118. The number of ether oxygens (including phenoxy) is 1. The predicted molar refractivity (Wildman–Crippen MR) is 98.0 cm³/mol. The Labute approximate surface area is 152 Å². The Kier molecular flexibility index (Phi) is 5.99. The molecule has 26 heavy (non-hydrogen) atoms. The Hall–Kier alpha value is -2.87. The van der Waals surface area contributed by atoms with Crippen LogP contribution in [0.15, 0.2) is 47.4 Å². The van der Waals surface area contributed by atoms with Crippen molar-refractivity contribution in [3.8, 4) is 5.75 Å². The Morgan fingerprint density at radius 3 is 2.35 bits per heavy atom. The van der Waals surface area contributed by atoms with Crippen molar-refractivity contribution in [2.75, 3.05) is 18.2 Å². The maximum Gasteiger partial charge on any atom is 0.255 e. The number of carbonyl (C=O) groups is 2. The lowest BCUT2D eigenvalue weighted by Gasteiger charge is -2.10. The van der Waals surface area contributed by atoms with E-state index in [0.29, 0.717) is 17.0 Å². The van der Waals surface area contributed by atoms with Gasteiger partial charge in [0.1, 0.15) is 5.75 Å². The molecule has 0 atom stereocenters. The van der Waals surface area contributed by atoms with Crippen LogP contribution in [0.25, 0.3) is 0 Å². The number of aryl methyl sites for hydroxylation is 1. The van der Waals surface area contributed by atoms with Crippen molar-refractivity contribution in [2.45, 2.75) is 18.2 Å². The molecule has 138 valence electrons. The molecule has 2 aromatic carbocycles. The number of amides is 2. The first kappa shape index (κ1) is 19.5. The average Bonchev–Trinajstić information content (AvgIpc) is 2.55. The maximum atomic E-state index is 12.5. The number of sulfone groups is 1. The van der Waals surface area contributed by atoms with Gasteiger partial charge in [-0.05, 0) is 48.9 Å². The van der Waals surface area contributed by atoms with Crippen molar-refractivity contribution < 1.29 is 22.7 Å². The van der Waals surface area contributed by atoms with Gasteiger partial charge in [0, 0.05) is 17.5 Å². The highest BCUT2D eigenvalue weighted by Crippen LogP contribution is 2.19. The molecule has 0 aromatic heterocycles. The van der Waals surface area contributed by atoms with Crippen LogP contribution in [0.1, 0.15) is 22.3 Å². The summed E-state index contributed by atoms with van der Waals surface area (Å²) in [5.74, 6) is -0.310. The molecule has 0 fully saturated rings. The highest BCUT2D eigenvalue weighted by molar-refractivity contribution is 7.90. The molecule has 2 amide bonds. The van der Waals surface area contributed by atoms with Gasteiger partial charge >= 0.3 is 0 Å². The highest BCUT2D eigenvalue weighted by atomic mass is 32.2. The van der Waals surface area contributed by atoms with E-state index in [2.05, 4.69) is 5.32 Å². The Balaban J connectivity index is 2.09. The van der Waals surface area contributed by atoms with Gasteiger partial charge in [-0.15, -0.1) is 0 Å². The first-order valence-corrected chi connectivity index (χ1v) is 9.69. The third-order valence-electron chi connectivity index (χ3n) is 3.61. The van der Waals surface area contributed by atoms with Gasteiger partial charge in [0.25, 0.3) is 5.91 Å². The fourth-order valence-corrected chi connectivity index (χ4v) is 2.83. The standard InChI is InChI=1S/C18H20N2O5S/c1-12-3-8-15(26(2,23)24)11-16(12)18(22)20-13-4-6-14(7-5-13)25-10-9-17(19)21/h3-8,11H,9-10H2,1-2H3,(H2,19,21)(H,20,22). The van der Waals surface area contributed by atoms with E-state index in [1.807, 2.05) is 0 Å². The summed E-state index contributed by atoms with van der Waals surface area (Å²) in [6.45, 7) is 1.91. The van der Waals surface area contributed by atoms with E-state index < -0.39 is 21.7 Å². The van der Waals surface area contributed by atoms with Crippen LogP contribution in [0.4, 0.5) is 5.69 Å². The minimum absolute atomic E-state index is 0.0893. The fraction of sp³-hybridized carbons (Fsp3) is 0.222. The molecule has 0 spiro atoms. The van der Waals surface area contributed by atoms with E-state index in [1.165, 1.54) is 12.1 Å². The second kappa shape index (κ2) is 8.01. The number of nitrogens with two attached hydrogens (primary N) is 1. The van der Waals surface area contributed by atoms with Crippen molar-refractivity contribution in [2.24, 2.45) is 5.73 Å². The summed E-state index contributed by atoms with van der Waals surface area (Å²) < 4.78 is 28.7. The van der Waals surface area contributed by atoms with Crippen molar-refractivity contribution >= 4 is 27.3 Å². The third-order valence-corrected chi connectivity index (χ3v) is 4.72. The summed E-state index contributed by atoms with van der Waals surface area (Å²) in [6.07, 6.45) is 1.21. The third kappa shape index (κ3) is 5.32. The van der Waals surface area contributed by atoms with Gasteiger partial charge in [0.2, 0.25) is 5.91 Å². The lowest BCUT2D eigenvalue weighted by atomic mass is 10.1. The van der Waals surface area contributed by atoms with E-state index in [0.717, 1.165) is 6.26 Å². The zero-order valence-corrected chi connectivity index (χ0v) is 15.3. The number of nitrogens with one attached hydrogen (secondary N) is 1. The summed E-state index contributed by atoms with van der Waals surface area (Å²) in [4.78, 5) is 23.2. The summed E-state index contributed by atoms with van der Waals surface area (Å²) >= 11 is 0. The molecule has 0 unspecified atom stereocenters. The van der Waals surface area contributed by atoms with Crippen molar-refractivity contribution in [1.29, 1.82) is 0 Å². The zero-order chi connectivity index (χ0) is 19.3. The number of anilines is 1. The highest BCUT2D eigenvalue weighted by Gasteiger charge is 2.14. The maximum absolute atomic E-state index is 12.5. The first-order valence-electron chi connectivity index (χ1n) is 7.80. The van der Waals surface area contributed by atoms with Gasteiger partial charge in [0.05, 0.1) is 17.9 Å². The van der Waals surface area contributed by atoms with Crippen LogP contribution in [-0.2, 0) is 14.6 Å². The molecule has 0 aliphatic carbocycles. The molecule has 0 bridgehead atoms. The van der Waals surface area contributed by atoms with Crippen LogP contribution in [0, 0.1) is 6.92 Å². The van der Waals surface area contributed by atoms with Crippen LogP contribution < -0.4 is 15.8 Å². The number of rotatable bonds is 7. The second-order valence-corrected chi connectivity index (χ2v) is 7.81. The smallest absolute Gasteiger partial charge is 0.255 e. The Morgan fingerprint density at radius 2 is 1.77 bits per heavy atom. The zero-order valence-electron chi connectivity index (χ0n) is 14.5. The van der Waals surface area contributed by atoms with Crippen LogP contribution in [0.5, 0.6) is 5.75 Å². The van der Waals surface area contributed by atoms with Gasteiger partial charge in [-0.1, -0.05) is 6.07 Å². The second-order valence-electron chi connectivity index (χ2n) is 5.79. The number of primary amides is 1. The lowest BCUT2D eigenvalue weighted by Crippen LogP contribution is -2.15. The largest absolute Gasteiger partial charge is 0.493 e. The summed E-state index contributed by atoms with van der Waals surface area (Å²) in [7, 11) is -3.40. The molecule has 3 N–H and O–H groups in total. The van der Waals surface area contributed by atoms with Crippen molar-refractivity contribution in [3.63, 3.8) is 0 Å². The number of carbonyl (C=O) groups excluding carboxylic acids is 2. The van der Waals surface area contributed by atoms with E-state index in [-0.39, 0.29) is 23.5 Å². The van der Waals surface area contributed by atoms with Gasteiger partial charge in [-0.3, -0.25) is 9.59 Å². The van der Waals surface area contributed by atoms with Gasteiger partial charge < -0.3 is 15.8 Å². The van der Waals surface area contributed by atoms with E-state index in [1.54, 1.807) is 37.3 Å². The van der Waals surface area contributed by atoms with E-state index >= 15 is 0 Å². The summed E-state index contributed by atoms with van der Waals surface area (Å²) in [5.41, 5.74) is 6.52. The normalized spacial score (nSPS) is 11.0. The predicted octanol–water partition coefficient (Wildman–Crippen LogP) is 1.91. The average molecular weight is 376 g/mol. The van der Waals surface area contributed by atoms with Crippen LogP contribution in [0.2, 0.25) is 0 Å². The molecule has 0 radical (unpaired) electrons. The van der Waals surface area contributed by atoms with Gasteiger partial charge in [-0.2, -0.15) is 0 Å². The molecule has 0 heterocycles. The topological polar surface area (TPSA) is 116 Å². The Bertz CT molecular complexity index is 921. The number of benzene rings is 2. The van der Waals surface area contributed by atoms with Crippen LogP contribution in [-0.4, -0.2) is 33.1 Å².